The van der Waals surface area contributed by atoms with Gasteiger partial charge in [-0.1, -0.05) is 24.3 Å². The number of piperazine rings is 1. The minimum atomic E-state index is -3.82. The molecule has 1 amide bonds. The Balaban J connectivity index is 1.63. The smallest absolute Gasteiger partial charge is 0.241 e. The quantitative estimate of drug-likeness (QED) is 0.714. The molecule has 0 atom stereocenters. The number of para-hydroxylation sites is 1. The maximum Gasteiger partial charge on any atom is 0.241 e. The van der Waals surface area contributed by atoms with E-state index in [4.69, 9.17) is 0 Å². The third-order valence-corrected chi connectivity index (χ3v) is 7.81. The average molecular weight is 452 g/mol. The fourth-order valence-electron chi connectivity index (χ4n) is 3.39. The van der Waals surface area contributed by atoms with E-state index in [9.17, 15) is 21.6 Å². The summed E-state index contributed by atoms with van der Waals surface area (Å²) in [6, 6.07) is 13.9. The number of sulfonamides is 1. The van der Waals surface area contributed by atoms with Gasteiger partial charge in [0.05, 0.1) is 10.6 Å². The molecule has 1 aliphatic heterocycles. The first kappa shape index (κ1) is 22.3. The highest BCUT2D eigenvalue weighted by Gasteiger charge is 2.29. The number of carbonyl (C=O) groups excluding carboxylic acids is 1. The molecule has 1 fully saturated rings. The summed E-state index contributed by atoms with van der Waals surface area (Å²) in [6.07, 6.45) is 1.03. The van der Waals surface area contributed by atoms with Gasteiger partial charge in [0.2, 0.25) is 15.9 Å². The Morgan fingerprint density at radius 3 is 2.27 bits per heavy atom. The number of anilines is 2. The second-order valence-corrected chi connectivity index (χ2v) is 11.3. The van der Waals surface area contributed by atoms with Crippen molar-refractivity contribution in [1.29, 1.82) is 0 Å². The number of nitrogens with one attached hydrogen (secondary N) is 1. The van der Waals surface area contributed by atoms with E-state index in [1.165, 1.54) is 22.5 Å². The van der Waals surface area contributed by atoms with Gasteiger partial charge in [0.1, 0.15) is 5.75 Å². The van der Waals surface area contributed by atoms with Crippen molar-refractivity contribution in [2.75, 3.05) is 48.4 Å². The molecule has 8 nitrogen and oxygen atoms in total. The van der Waals surface area contributed by atoms with Crippen LogP contribution in [0.5, 0.6) is 0 Å². The summed E-state index contributed by atoms with van der Waals surface area (Å²) in [4.78, 5) is 14.4. The Bertz CT molecular complexity index is 1140. The lowest BCUT2D eigenvalue weighted by molar-refractivity contribution is -0.113. The molecular weight excluding hydrogens is 426 g/mol. The molecule has 162 valence electrons. The monoisotopic (exact) mass is 451 g/mol. The van der Waals surface area contributed by atoms with Gasteiger partial charge in [0.15, 0.2) is 9.84 Å². The Labute approximate surface area is 177 Å². The van der Waals surface area contributed by atoms with Crippen molar-refractivity contribution >= 4 is 37.1 Å². The highest BCUT2D eigenvalue weighted by Crippen LogP contribution is 2.21. The maximum atomic E-state index is 12.7. The molecule has 0 unspecified atom stereocenters. The van der Waals surface area contributed by atoms with E-state index < -0.39 is 31.5 Å². The lowest BCUT2D eigenvalue weighted by Crippen LogP contribution is -2.50. The largest absolute Gasteiger partial charge is 0.369 e. The van der Waals surface area contributed by atoms with Crippen molar-refractivity contribution in [3.8, 4) is 0 Å². The van der Waals surface area contributed by atoms with Crippen LogP contribution < -0.4 is 10.2 Å². The maximum absolute atomic E-state index is 12.7. The van der Waals surface area contributed by atoms with Gasteiger partial charge in [-0.05, 0) is 36.8 Å². The van der Waals surface area contributed by atoms with Crippen LogP contribution in [0.2, 0.25) is 0 Å². The molecule has 1 aliphatic rings. The third-order valence-electron chi connectivity index (χ3n) is 4.87. The van der Waals surface area contributed by atoms with Crippen LogP contribution >= 0.6 is 0 Å². The Morgan fingerprint density at radius 1 is 0.967 bits per heavy atom. The predicted octanol–water partition coefficient (Wildman–Crippen LogP) is 1.49. The standard InChI is InChI=1S/C20H25N3O5S2/c1-16-6-5-7-17(14-16)22-10-12-23(13-11-22)30(27,28)15-20(24)21-18-8-3-4-9-19(18)29(2,25)26/h3-9,14H,10-13,15H2,1-2H3,(H,21,24). The highest BCUT2D eigenvalue weighted by molar-refractivity contribution is 7.91. The first-order valence-electron chi connectivity index (χ1n) is 9.45. The van der Waals surface area contributed by atoms with Crippen molar-refractivity contribution in [2.45, 2.75) is 11.8 Å². The molecule has 0 aliphatic carbocycles. The van der Waals surface area contributed by atoms with Crippen molar-refractivity contribution < 1.29 is 21.6 Å². The van der Waals surface area contributed by atoms with E-state index in [1.54, 1.807) is 6.07 Å². The number of aryl methyl sites for hydroxylation is 1. The van der Waals surface area contributed by atoms with Gasteiger partial charge in [0, 0.05) is 38.1 Å². The molecule has 10 heteroatoms. The summed E-state index contributed by atoms with van der Waals surface area (Å²) in [5, 5.41) is 2.42. The van der Waals surface area contributed by atoms with Gasteiger partial charge < -0.3 is 10.2 Å². The van der Waals surface area contributed by atoms with Gasteiger partial charge in [0.25, 0.3) is 0 Å². The van der Waals surface area contributed by atoms with Gasteiger partial charge >= 0.3 is 0 Å². The van der Waals surface area contributed by atoms with E-state index in [1.807, 2.05) is 25.1 Å². The number of amides is 1. The van der Waals surface area contributed by atoms with Crippen LogP contribution in [0.15, 0.2) is 53.4 Å². The molecule has 2 aromatic carbocycles. The molecule has 30 heavy (non-hydrogen) atoms. The van der Waals surface area contributed by atoms with Gasteiger partial charge in [-0.25, -0.2) is 16.8 Å². The zero-order valence-corrected chi connectivity index (χ0v) is 18.5. The van der Waals surface area contributed by atoms with Crippen molar-refractivity contribution in [3.05, 3.63) is 54.1 Å². The van der Waals surface area contributed by atoms with Crippen molar-refractivity contribution in [2.24, 2.45) is 0 Å². The first-order valence-corrected chi connectivity index (χ1v) is 12.9. The fraction of sp³-hybridized carbons (Fsp3) is 0.350. The normalized spacial score (nSPS) is 15.7. The summed E-state index contributed by atoms with van der Waals surface area (Å²) in [6.45, 7) is 3.63. The molecule has 1 N–H and O–H groups in total. The molecule has 0 saturated carbocycles. The zero-order valence-electron chi connectivity index (χ0n) is 16.9. The zero-order chi connectivity index (χ0) is 21.9. The third kappa shape index (κ3) is 5.38. The summed E-state index contributed by atoms with van der Waals surface area (Å²) < 4.78 is 50.4. The Morgan fingerprint density at radius 2 is 1.63 bits per heavy atom. The minimum absolute atomic E-state index is 0.0532. The Hall–Kier alpha value is -2.43. The van der Waals surface area contributed by atoms with Gasteiger partial charge in [-0.3, -0.25) is 4.79 Å². The van der Waals surface area contributed by atoms with Crippen LogP contribution in [0.25, 0.3) is 0 Å². The summed E-state index contributed by atoms with van der Waals surface area (Å²) in [7, 11) is -7.38. The number of sulfone groups is 1. The van der Waals surface area contributed by atoms with Crippen LogP contribution in [0.3, 0.4) is 0 Å². The van der Waals surface area contributed by atoms with Crippen molar-refractivity contribution in [3.63, 3.8) is 0 Å². The van der Waals surface area contributed by atoms with Crippen LogP contribution in [0.4, 0.5) is 11.4 Å². The summed E-state index contributed by atoms with van der Waals surface area (Å²) >= 11 is 0. The van der Waals surface area contributed by atoms with E-state index in [0.717, 1.165) is 17.5 Å². The van der Waals surface area contributed by atoms with Crippen LogP contribution in [-0.4, -0.2) is 65.2 Å². The summed E-state index contributed by atoms with van der Waals surface area (Å²) in [5.41, 5.74) is 2.25. The highest BCUT2D eigenvalue weighted by atomic mass is 32.2. The molecule has 0 aromatic heterocycles. The number of hydrogen-bond donors (Lipinski definition) is 1. The van der Waals surface area contributed by atoms with Gasteiger partial charge in [-0.2, -0.15) is 4.31 Å². The summed E-state index contributed by atoms with van der Waals surface area (Å²) in [5.74, 6) is -1.51. The number of benzene rings is 2. The fourth-order valence-corrected chi connectivity index (χ4v) is 5.54. The number of hydrogen-bond acceptors (Lipinski definition) is 6. The topological polar surface area (TPSA) is 104 Å². The van der Waals surface area contributed by atoms with E-state index in [-0.39, 0.29) is 23.7 Å². The number of carbonyl (C=O) groups is 1. The molecule has 0 bridgehead atoms. The molecule has 0 radical (unpaired) electrons. The lowest BCUT2D eigenvalue weighted by Gasteiger charge is -2.35. The number of rotatable bonds is 6. The van der Waals surface area contributed by atoms with Crippen LogP contribution in [-0.2, 0) is 24.7 Å². The van der Waals surface area contributed by atoms with Crippen LogP contribution in [0.1, 0.15) is 5.56 Å². The van der Waals surface area contributed by atoms with E-state index in [0.29, 0.717) is 13.1 Å². The molecule has 0 spiro atoms. The predicted molar refractivity (Wildman–Crippen MR) is 117 cm³/mol. The molecule has 2 aromatic rings. The minimum Gasteiger partial charge on any atom is -0.369 e. The second kappa shape index (κ2) is 8.75. The van der Waals surface area contributed by atoms with E-state index in [2.05, 4.69) is 16.3 Å². The second-order valence-electron chi connectivity index (χ2n) is 7.30. The molecule has 1 saturated heterocycles. The first-order chi connectivity index (χ1) is 14.1. The van der Waals surface area contributed by atoms with Gasteiger partial charge in [-0.15, -0.1) is 0 Å². The average Bonchev–Trinajstić information content (AvgIpc) is 2.67. The lowest BCUT2D eigenvalue weighted by atomic mass is 10.2. The number of nitrogens with zero attached hydrogens (tertiary/aromatic N) is 2. The molecule has 3 rings (SSSR count). The molecule has 1 heterocycles. The van der Waals surface area contributed by atoms with Crippen molar-refractivity contribution in [1.82, 2.24) is 4.31 Å². The van der Waals surface area contributed by atoms with Crippen LogP contribution in [0, 0.1) is 6.92 Å². The van der Waals surface area contributed by atoms with E-state index >= 15 is 0 Å². The molecular formula is C20H25N3O5S2. The Kier molecular flexibility index (Phi) is 6.49. The SMILES string of the molecule is Cc1cccc(N2CCN(S(=O)(=O)CC(=O)Nc3ccccc3S(C)(=O)=O)CC2)c1.